The molecule has 1 aliphatic heterocycles. The molecule has 1 fully saturated rings. The van der Waals surface area contributed by atoms with Crippen LogP contribution in [0, 0.1) is 28.6 Å². The maximum absolute atomic E-state index is 8.80. The first-order valence-electron chi connectivity index (χ1n) is 6.05. The van der Waals surface area contributed by atoms with E-state index in [2.05, 4.69) is 38.7 Å². The summed E-state index contributed by atoms with van der Waals surface area (Å²) in [5.41, 5.74) is 0.308. The molecule has 2 nitrogen and oxygen atoms in total. The molecule has 0 aromatic rings. The van der Waals surface area contributed by atoms with Crippen LogP contribution in [0.1, 0.15) is 40.5 Å². The fourth-order valence-electron chi connectivity index (χ4n) is 2.67. The van der Waals surface area contributed by atoms with Crippen LogP contribution in [0.4, 0.5) is 0 Å². The first-order chi connectivity index (χ1) is 6.95. The van der Waals surface area contributed by atoms with Crippen LogP contribution in [0.15, 0.2) is 0 Å². The molecule has 1 heterocycles. The van der Waals surface area contributed by atoms with E-state index in [-0.39, 0.29) is 0 Å². The van der Waals surface area contributed by atoms with Crippen molar-refractivity contribution in [3.8, 4) is 6.07 Å². The highest BCUT2D eigenvalue weighted by Crippen LogP contribution is 2.36. The number of hydrogen-bond donors (Lipinski definition) is 0. The van der Waals surface area contributed by atoms with Crippen LogP contribution in [-0.4, -0.2) is 24.5 Å². The molecular formula is C13H24N2. The average Bonchev–Trinajstić information content (AvgIpc) is 2.08. The number of nitrogens with zero attached hydrogens (tertiary/aromatic N) is 2. The monoisotopic (exact) mass is 208 g/mol. The van der Waals surface area contributed by atoms with Crippen molar-refractivity contribution in [2.45, 2.75) is 40.5 Å². The zero-order valence-electron chi connectivity index (χ0n) is 10.6. The Hall–Kier alpha value is -0.550. The Morgan fingerprint density at radius 1 is 1.47 bits per heavy atom. The third-order valence-electron chi connectivity index (χ3n) is 3.49. The highest BCUT2D eigenvalue weighted by molar-refractivity contribution is 4.91. The van der Waals surface area contributed by atoms with Crippen molar-refractivity contribution >= 4 is 0 Å². The molecule has 0 N–H and O–H groups in total. The lowest BCUT2D eigenvalue weighted by Gasteiger charge is -2.44. The molecule has 0 aromatic carbocycles. The van der Waals surface area contributed by atoms with Gasteiger partial charge in [-0.1, -0.05) is 27.7 Å². The highest BCUT2D eigenvalue weighted by atomic mass is 15.1. The second-order valence-corrected chi connectivity index (χ2v) is 5.97. The quantitative estimate of drug-likeness (QED) is 0.713. The lowest BCUT2D eigenvalue weighted by atomic mass is 9.72. The molecule has 15 heavy (non-hydrogen) atoms. The molecule has 0 aliphatic carbocycles. The summed E-state index contributed by atoms with van der Waals surface area (Å²) < 4.78 is 0. The molecule has 1 unspecified atom stereocenters. The Bertz CT molecular complexity index is 237. The van der Waals surface area contributed by atoms with Gasteiger partial charge in [0.25, 0.3) is 0 Å². The van der Waals surface area contributed by atoms with Crippen LogP contribution >= 0.6 is 0 Å². The lowest BCUT2D eigenvalue weighted by molar-refractivity contribution is 0.0506. The Balaban J connectivity index is 2.53. The number of hydrogen-bond acceptors (Lipinski definition) is 2. The second kappa shape index (κ2) is 4.99. The van der Waals surface area contributed by atoms with Gasteiger partial charge >= 0.3 is 0 Å². The van der Waals surface area contributed by atoms with E-state index in [1.165, 1.54) is 19.5 Å². The van der Waals surface area contributed by atoms with E-state index in [0.29, 0.717) is 11.3 Å². The minimum atomic E-state index is 0.308. The van der Waals surface area contributed by atoms with E-state index >= 15 is 0 Å². The maximum Gasteiger partial charge on any atom is 0.0624 e. The van der Waals surface area contributed by atoms with Crippen LogP contribution in [0.2, 0.25) is 0 Å². The van der Waals surface area contributed by atoms with E-state index in [4.69, 9.17) is 5.26 Å². The predicted molar refractivity (Wildman–Crippen MR) is 63.4 cm³/mol. The van der Waals surface area contributed by atoms with Crippen LogP contribution in [-0.2, 0) is 0 Å². The van der Waals surface area contributed by atoms with Gasteiger partial charge in [-0.05, 0) is 30.2 Å². The molecule has 0 radical (unpaired) electrons. The molecular weight excluding hydrogens is 184 g/mol. The van der Waals surface area contributed by atoms with Crippen molar-refractivity contribution in [3.05, 3.63) is 0 Å². The largest absolute Gasteiger partial charge is 0.303 e. The van der Waals surface area contributed by atoms with Gasteiger partial charge in [0.15, 0.2) is 0 Å². The first kappa shape index (κ1) is 12.5. The third-order valence-corrected chi connectivity index (χ3v) is 3.49. The Labute approximate surface area is 94.3 Å². The van der Waals surface area contributed by atoms with E-state index in [9.17, 15) is 0 Å². The van der Waals surface area contributed by atoms with Crippen molar-refractivity contribution in [3.63, 3.8) is 0 Å². The van der Waals surface area contributed by atoms with Gasteiger partial charge in [-0.2, -0.15) is 5.26 Å². The van der Waals surface area contributed by atoms with Crippen LogP contribution in [0.25, 0.3) is 0 Å². The van der Waals surface area contributed by atoms with Crippen molar-refractivity contribution in [2.75, 3.05) is 19.6 Å². The molecule has 0 bridgehead atoms. The average molecular weight is 208 g/mol. The number of rotatable bonds is 3. The van der Waals surface area contributed by atoms with Gasteiger partial charge in [-0.15, -0.1) is 0 Å². The SMILES string of the molecule is CC(C)CN1CCC(CC#N)C(C)(C)C1. The summed E-state index contributed by atoms with van der Waals surface area (Å²) in [7, 11) is 0. The van der Waals surface area contributed by atoms with Crippen molar-refractivity contribution < 1.29 is 0 Å². The van der Waals surface area contributed by atoms with Gasteiger partial charge in [0, 0.05) is 19.5 Å². The summed E-state index contributed by atoms with van der Waals surface area (Å²) >= 11 is 0. The Morgan fingerprint density at radius 2 is 2.13 bits per heavy atom. The topological polar surface area (TPSA) is 27.0 Å². The molecule has 86 valence electrons. The lowest BCUT2D eigenvalue weighted by Crippen LogP contribution is -2.46. The standard InChI is InChI=1S/C13H24N2/c1-11(2)9-15-8-6-12(5-7-14)13(3,4)10-15/h11-12H,5-6,8-10H2,1-4H3. The van der Waals surface area contributed by atoms with E-state index in [0.717, 1.165) is 18.9 Å². The van der Waals surface area contributed by atoms with Crippen molar-refractivity contribution in [2.24, 2.45) is 17.3 Å². The molecule has 1 atom stereocenters. The normalized spacial score (nSPS) is 26.5. The molecule has 1 rings (SSSR count). The first-order valence-corrected chi connectivity index (χ1v) is 6.05. The van der Waals surface area contributed by atoms with Gasteiger partial charge < -0.3 is 4.90 Å². The summed E-state index contributed by atoms with van der Waals surface area (Å²) in [4.78, 5) is 2.55. The minimum absolute atomic E-state index is 0.308. The molecule has 0 aromatic heterocycles. The van der Waals surface area contributed by atoms with Gasteiger partial charge in [0.05, 0.1) is 6.07 Å². The van der Waals surface area contributed by atoms with Gasteiger partial charge in [0.2, 0.25) is 0 Å². The highest BCUT2D eigenvalue weighted by Gasteiger charge is 2.35. The Kier molecular flexibility index (Phi) is 4.16. The summed E-state index contributed by atoms with van der Waals surface area (Å²) in [5.74, 6) is 1.33. The Morgan fingerprint density at radius 3 is 2.60 bits per heavy atom. The van der Waals surface area contributed by atoms with E-state index in [1.807, 2.05) is 0 Å². The molecule has 0 saturated carbocycles. The zero-order chi connectivity index (χ0) is 11.5. The second-order valence-electron chi connectivity index (χ2n) is 5.97. The maximum atomic E-state index is 8.80. The smallest absolute Gasteiger partial charge is 0.0624 e. The van der Waals surface area contributed by atoms with Crippen LogP contribution in [0.5, 0.6) is 0 Å². The number of nitriles is 1. The van der Waals surface area contributed by atoms with Crippen LogP contribution < -0.4 is 0 Å². The van der Waals surface area contributed by atoms with E-state index in [1.54, 1.807) is 0 Å². The number of likely N-dealkylation sites (tertiary alicyclic amines) is 1. The molecule has 0 amide bonds. The molecule has 2 heteroatoms. The summed E-state index contributed by atoms with van der Waals surface area (Å²) in [6.07, 6.45) is 1.91. The van der Waals surface area contributed by atoms with Gasteiger partial charge in [-0.3, -0.25) is 0 Å². The third kappa shape index (κ3) is 3.50. The summed E-state index contributed by atoms with van der Waals surface area (Å²) in [5, 5.41) is 8.80. The summed E-state index contributed by atoms with van der Waals surface area (Å²) in [6.45, 7) is 12.7. The van der Waals surface area contributed by atoms with Crippen molar-refractivity contribution in [1.82, 2.24) is 4.90 Å². The van der Waals surface area contributed by atoms with E-state index < -0.39 is 0 Å². The minimum Gasteiger partial charge on any atom is -0.303 e. The molecule has 1 aliphatic rings. The van der Waals surface area contributed by atoms with Crippen LogP contribution in [0.3, 0.4) is 0 Å². The molecule has 0 spiro atoms. The molecule has 1 saturated heterocycles. The fourth-order valence-corrected chi connectivity index (χ4v) is 2.67. The van der Waals surface area contributed by atoms with Gasteiger partial charge in [-0.25, -0.2) is 0 Å². The fraction of sp³-hybridized carbons (Fsp3) is 0.923. The zero-order valence-corrected chi connectivity index (χ0v) is 10.6. The number of piperidine rings is 1. The van der Waals surface area contributed by atoms with Gasteiger partial charge in [0.1, 0.15) is 0 Å². The predicted octanol–water partition coefficient (Wildman–Crippen LogP) is 2.90. The summed E-state index contributed by atoms with van der Waals surface area (Å²) in [6, 6.07) is 2.33. The van der Waals surface area contributed by atoms with Crippen molar-refractivity contribution in [1.29, 1.82) is 5.26 Å².